The lowest BCUT2D eigenvalue weighted by Crippen LogP contribution is -2.28. The molecule has 7 heteroatoms. The first-order valence-corrected chi connectivity index (χ1v) is 12.8. The van der Waals surface area contributed by atoms with Crippen molar-refractivity contribution in [1.82, 2.24) is 4.90 Å². The zero-order valence-corrected chi connectivity index (χ0v) is 21.0. The summed E-state index contributed by atoms with van der Waals surface area (Å²) < 4.78 is 11.6. The number of hydrogen-bond acceptors (Lipinski definition) is 6. The van der Waals surface area contributed by atoms with Crippen molar-refractivity contribution in [3.63, 3.8) is 0 Å². The van der Waals surface area contributed by atoms with E-state index in [4.69, 9.17) is 9.47 Å². The number of rotatable bonds is 8. The Morgan fingerprint density at radius 2 is 1.65 bits per heavy atom. The van der Waals surface area contributed by atoms with E-state index in [-0.39, 0.29) is 17.9 Å². The van der Waals surface area contributed by atoms with Gasteiger partial charge in [-0.1, -0.05) is 48.5 Å². The molecular formula is C30H25NO5S. The number of ether oxygens (including phenoxy) is 2. The van der Waals surface area contributed by atoms with E-state index in [1.807, 2.05) is 73.0 Å². The number of Topliss-reactive ketones (excluding diaryl/α,β-unsaturated/α-hetero) is 1. The number of carbonyl (C=O) groups is 2. The summed E-state index contributed by atoms with van der Waals surface area (Å²) >= 11 is 1.50. The van der Waals surface area contributed by atoms with Gasteiger partial charge in [0.25, 0.3) is 11.7 Å². The van der Waals surface area contributed by atoms with Crippen molar-refractivity contribution in [3.05, 3.63) is 118 Å². The number of thiophene rings is 1. The molecule has 0 aliphatic carbocycles. The highest BCUT2D eigenvalue weighted by Gasteiger charge is 2.46. The lowest BCUT2D eigenvalue weighted by atomic mass is 9.95. The molecule has 1 unspecified atom stereocenters. The van der Waals surface area contributed by atoms with Gasteiger partial charge in [0.1, 0.15) is 23.0 Å². The molecule has 1 aliphatic heterocycles. The molecule has 5 rings (SSSR count). The second kappa shape index (κ2) is 10.7. The van der Waals surface area contributed by atoms with Gasteiger partial charge in [0.15, 0.2) is 0 Å². The number of likely N-dealkylation sites (tertiary alicyclic amines) is 1. The number of hydrogen-bond donors (Lipinski definition) is 1. The molecule has 0 bridgehead atoms. The van der Waals surface area contributed by atoms with Gasteiger partial charge in [0, 0.05) is 10.4 Å². The molecule has 1 aliphatic rings. The molecule has 37 heavy (non-hydrogen) atoms. The molecule has 1 amide bonds. The zero-order valence-electron chi connectivity index (χ0n) is 20.2. The summed E-state index contributed by atoms with van der Waals surface area (Å²) in [6, 6.07) is 26.5. The fourth-order valence-electron chi connectivity index (χ4n) is 4.39. The van der Waals surface area contributed by atoms with E-state index in [9.17, 15) is 14.7 Å². The minimum absolute atomic E-state index is 0.0343. The van der Waals surface area contributed by atoms with Crippen molar-refractivity contribution >= 4 is 28.8 Å². The Hall–Kier alpha value is -4.36. The fourth-order valence-corrected chi connectivity index (χ4v) is 5.09. The van der Waals surface area contributed by atoms with Gasteiger partial charge in [0.2, 0.25) is 0 Å². The second-order valence-corrected chi connectivity index (χ2v) is 9.49. The van der Waals surface area contributed by atoms with Crippen molar-refractivity contribution in [2.24, 2.45) is 0 Å². The Balaban J connectivity index is 1.61. The molecule has 1 atom stereocenters. The van der Waals surface area contributed by atoms with Crippen LogP contribution >= 0.6 is 11.3 Å². The van der Waals surface area contributed by atoms with Crippen molar-refractivity contribution in [2.75, 3.05) is 6.61 Å². The molecule has 0 radical (unpaired) electrons. The highest BCUT2D eigenvalue weighted by molar-refractivity contribution is 7.09. The molecule has 3 aromatic carbocycles. The van der Waals surface area contributed by atoms with E-state index in [1.165, 1.54) is 16.2 Å². The predicted octanol–water partition coefficient (Wildman–Crippen LogP) is 6.56. The van der Waals surface area contributed by atoms with Gasteiger partial charge >= 0.3 is 0 Å². The Labute approximate surface area is 219 Å². The first kappa shape index (κ1) is 24.3. The third-order valence-electron chi connectivity index (χ3n) is 6.02. The predicted molar refractivity (Wildman–Crippen MR) is 143 cm³/mol. The van der Waals surface area contributed by atoms with Crippen LogP contribution in [0.4, 0.5) is 0 Å². The number of ketones is 1. The van der Waals surface area contributed by atoms with Crippen LogP contribution in [-0.4, -0.2) is 28.3 Å². The highest BCUT2D eigenvalue weighted by atomic mass is 32.1. The van der Waals surface area contributed by atoms with Crippen molar-refractivity contribution < 1.29 is 24.2 Å². The first-order valence-electron chi connectivity index (χ1n) is 11.9. The second-order valence-electron chi connectivity index (χ2n) is 8.45. The molecule has 4 aromatic rings. The lowest BCUT2D eigenvalue weighted by molar-refractivity contribution is -0.140. The molecule has 1 aromatic heterocycles. The molecule has 1 fully saturated rings. The number of nitrogens with zero attached hydrogens (tertiary/aromatic N) is 1. The SMILES string of the molecule is CCOc1cccc(/C(O)=C2/C(=O)C(=O)N(Cc3cccs3)C2c2cccc(Oc3ccccc3)c2)c1. The quantitative estimate of drug-likeness (QED) is 0.165. The monoisotopic (exact) mass is 511 g/mol. The maximum atomic E-state index is 13.4. The number of aliphatic hydroxyl groups is 1. The van der Waals surface area contributed by atoms with Crippen LogP contribution in [0.15, 0.2) is 102 Å². The Bertz CT molecular complexity index is 1450. The van der Waals surface area contributed by atoms with E-state index >= 15 is 0 Å². The molecule has 0 spiro atoms. The van der Waals surface area contributed by atoms with Crippen LogP contribution in [0.25, 0.3) is 5.76 Å². The summed E-state index contributed by atoms with van der Waals surface area (Å²) in [5.41, 5.74) is 1.10. The summed E-state index contributed by atoms with van der Waals surface area (Å²) in [5, 5.41) is 13.3. The molecule has 2 heterocycles. The third kappa shape index (κ3) is 5.13. The van der Waals surface area contributed by atoms with Gasteiger partial charge in [-0.25, -0.2) is 0 Å². The van der Waals surface area contributed by atoms with Crippen molar-refractivity contribution in [1.29, 1.82) is 0 Å². The van der Waals surface area contributed by atoms with Crippen molar-refractivity contribution in [2.45, 2.75) is 19.5 Å². The average molecular weight is 512 g/mol. The largest absolute Gasteiger partial charge is 0.507 e. The van der Waals surface area contributed by atoms with Crippen molar-refractivity contribution in [3.8, 4) is 17.2 Å². The van der Waals surface area contributed by atoms with Crippen LogP contribution in [0.1, 0.15) is 29.0 Å². The lowest BCUT2D eigenvalue weighted by Gasteiger charge is -2.25. The van der Waals surface area contributed by atoms with E-state index in [1.54, 1.807) is 30.3 Å². The summed E-state index contributed by atoms with van der Waals surface area (Å²) in [4.78, 5) is 29.1. The third-order valence-corrected chi connectivity index (χ3v) is 6.88. The van der Waals surface area contributed by atoms with Crippen LogP contribution in [0, 0.1) is 0 Å². The number of amides is 1. The van der Waals surface area contributed by atoms with E-state index < -0.39 is 17.7 Å². The van der Waals surface area contributed by atoms with E-state index in [0.29, 0.717) is 35.0 Å². The molecule has 0 saturated carbocycles. The molecule has 6 nitrogen and oxygen atoms in total. The van der Waals surface area contributed by atoms with Gasteiger partial charge in [-0.3, -0.25) is 9.59 Å². The van der Waals surface area contributed by atoms with Gasteiger partial charge in [0.05, 0.1) is 24.8 Å². The van der Waals surface area contributed by atoms with Crippen LogP contribution in [0.5, 0.6) is 17.2 Å². The van der Waals surface area contributed by atoms with Crippen LogP contribution in [0.3, 0.4) is 0 Å². The minimum Gasteiger partial charge on any atom is -0.507 e. The van der Waals surface area contributed by atoms with Crippen LogP contribution < -0.4 is 9.47 Å². The topological polar surface area (TPSA) is 76.1 Å². The summed E-state index contributed by atoms with van der Waals surface area (Å²) in [7, 11) is 0. The van der Waals surface area contributed by atoms with E-state index in [0.717, 1.165) is 4.88 Å². The standard InChI is InChI=1S/C30H25NO5S/c1-2-35-23-13-7-10-21(18-23)28(32)26-27(31(30(34)29(26)33)19-25-15-8-16-37-25)20-9-6-14-24(17-20)36-22-11-4-3-5-12-22/h3-18,27,32H,2,19H2,1H3/b28-26-. The number of para-hydroxylation sites is 1. The Morgan fingerprint density at radius 3 is 2.41 bits per heavy atom. The first-order chi connectivity index (χ1) is 18.0. The highest BCUT2D eigenvalue weighted by Crippen LogP contribution is 2.42. The maximum absolute atomic E-state index is 13.4. The van der Waals surface area contributed by atoms with Crippen LogP contribution in [0.2, 0.25) is 0 Å². The zero-order chi connectivity index (χ0) is 25.8. The summed E-state index contributed by atoms with van der Waals surface area (Å²) in [6.45, 7) is 2.57. The Kier molecular flexibility index (Phi) is 7.05. The van der Waals surface area contributed by atoms with Gasteiger partial charge in [-0.15, -0.1) is 11.3 Å². The van der Waals surface area contributed by atoms with Gasteiger partial charge in [-0.05, 0) is 60.3 Å². The smallest absolute Gasteiger partial charge is 0.295 e. The van der Waals surface area contributed by atoms with Gasteiger partial charge < -0.3 is 19.5 Å². The van der Waals surface area contributed by atoms with E-state index in [2.05, 4.69) is 0 Å². The molecule has 1 N–H and O–H groups in total. The Morgan fingerprint density at radius 1 is 0.892 bits per heavy atom. The molecular weight excluding hydrogens is 486 g/mol. The summed E-state index contributed by atoms with van der Waals surface area (Å²) in [5.74, 6) is 0.163. The normalized spacial score (nSPS) is 16.7. The number of aliphatic hydroxyl groups excluding tert-OH is 1. The average Bonchev–Trinajstić information content (AvgIpc) is 3.52. The van der Waals surface area contributed by atoms with Gasteiger partial charge in [-0.2, -0.15) is 0 Å². The maximum Gasteiger partial charge on any atom is 0.295 e. The molecule has 186 valence electrons. The minimum atomic E-state index is -0.794. The number of carbonyl (C=O) groups excluding carboxylic acids is 2. The molecule has 1 saturated heterocycles. The number of benzene rings is 3. The summed E-state index contributed by atoms with van der Waals surface area (Å²) in [6.07, 6.45) is 0. The van der Waals surface area contributed by atoms with Crippen LogP contribution in [-0.2, 0) is 16.1 Å². The fraction of sp³-hybridized carbons (Fsp3) is 0.133.